The minimum atomic E-state index is -0.478. The van der Waals surface area contributed by atoms with Crippen LogP contribution in [0, 0.1) is 5.92 Å². The fourth-order valence-corrected chi connectivity index (χ4v) is 1.85. The van der Waals surface area contributed by atoms with Crippen molar-refractivity contribution in [1.82, 2.24) is 5.32 Å². The third-order valence-corrected chi connectivity index (χ3v) is 3.32. The molecule has 23 heavy (non-hydrogen) atoms. The summed E-state index contributed by atoms with van der Waals surface area (Å²) in [5.74, 6) is 0.202. The normalized spacial score (nSPS) is 11.9. The van der Waals surface area contributed by atoms with Crippen LogP contribution in [0.15, 0.2) is 24.3 Å². The van der Waals surface area contributed by atoms with E-state index < -0.39 is 6.04 Å². The van der Waals surface area contributed by atoms with Crippen LogP contribution in [0.1, 0.15) is 26.3 Å². The molecule has 6 nitrogen and oxygen atoms in total. The van der Waals surface area contributed by atoms with E-state index in [4.69, 9.17) is 15.2 Å². The largest absolute Gasteiger partial charge is 0.482 e. The first-order chi connectivity index (χ1) is 10.9. The summed E-state index contributed by atoms with van der Waals surface area (Å²) in [5, 5.41) is 2.82. The average molecular weight is 322 g/mol. The Balaban J connectivity index is 2.34. The topological polar surface area (TPSA) is 90.6 Å². The first-order valence-corrected chi connectivity index (χ1v) is 7.84. The molecule has 1 atom stereocenters. The van der Waals surface area contributed by atoms with Crippen LogP contribution in [0.3, 0.4) is 0 Å². The van der Waals surface area contributed by atoms with Crippen LogP contribution >= 0.6 is 0 Å². The molecule has 0 bridgehead atoms. The molecule has 1 rings (SSSR count). The predicted molar refractivity (Wildman–Crippen MR) is 88.1 cm³/mol. The number of carbonyl (C=O) groups is 2. The Kier molecular flexibility index (Phi) is 8.11. The summed E-state index contributed by atoms with van der Waals surface area (Å²) in [6, 6.07) is 6.89. The van der Waals surface area contributed by atoms with E-state index in [-0.39, 0.29) is 24.4 Å². The summed E-state index contributed by atoms with van der Waals surface area (Å²) >= 11 is 0. The molecule has 0 heterocycles. The monoisotopic (exact) mass is 322 g/mol. The van der Waals surface area contributed by atoms with Crippen molar-refractivity contribution in [1.29, 1.82) is 0 Å². The van der Waals surface area contributed by atoms with Crippen molar-refractivity contribution in [2.24, 2.45) is 11.7 Å². The fraction of sp³-hybridized carbons (Fsp3) is 0.529. The summed E-state index contributed by atoms with van der Waals surface area (Å²) < 4.78 is 10.1. The standard InChI is InChI=1S/C17H26N2O4/c1-4-22-15(20)11-23-14-7-5-13(6-8-14)9-10-19-17(21)16(18)12(2)3/h5-8,12,16H,4,9-11,18H2,1-3H3,(H,19,21)/t16-/m0/s1. The van der Waals surface area contributed by atoms with Crippen LogP contribution in [-0.2, 0) is 20.7 Å². The Labute approximate surface area is 137 Å². The number of carbonyl (C=O) groups excluding carboxylic acids is 2. The molecule has 0 radical (unpaired) electrons. The van der Waals surface area contributed by atoms with Gasteiger partial charge in [0.1, 0.15) is 5.75 Å². The number of nitrogens with two attached hydrogens (primary N) is 1. The summed E-state index contributed by atoms with van der Waals surface area (Å²) in [6.07, 6.45) is 0.703. The average Bonchev–Trinajstić information content (AvgIpc) is 2.53. The molecule has 0 fully saturated rings. The first-order valence-electron chi connectivity index (χ1n) is 7.84. The molecule has 0 saturated carbocycles. The second-order valence-corrected chi connectivity index (χ2v) is 5.55. The SMILES string of the molecule is CCOC(=O)COc1ccc(CCNC(=O)[C@@H](N)C(C)C)cc1. The zero-order valence-corrected chi connectivity index (χ0v) is 14.0. The van der Waals surface area contributed by atoms with Crippen LogP contribution in [0.4, 0.5) is 0 Å². The van der Waals surface area contributed by atoms with Crippen molar-refractivity contribution in [3.63, 3.8) is 0 Å². The van der Waals surface area contributed by atoms with E-state index in [1.165, 1.54) is 0 Å². The van der Waals surface area contributed by atoms with Gasteiger partial charge in [0.2, 0.25) is 5.91 Å². The van der Waals surface area contributed by atoms with E-state index in [2.05, 4.69) is 5.32 Å². The quantitative estimate of drug-likeness (QED) is 0.668. The Morgan fingerprint density at radius 1 is 1.22 bits per heavy atom. The Morgan fingerprint density at radius 2 is 1.87 bits per heavy atom. The van der Waals surface area contributed by atoms with Crippen LogP contribution in [0.5, 0.6) is 5.75 Å². The molecule has 0 aliphatic heterocycles. The van der Waals surface area contributed by atoms with E-state index in [1.54, 1.807) is 19.1 Å². The molecule has 1 amide bonds. The highest BCUT2D eigenvalue weighted by Gasteiger charge is 2.16. The van der Waals surface area contributed by atoms with Gasteiger partial charge in [-0.2, -0.15) is 0 Å². The molecular formula is C17H26N2O4. The van der Waals surface area contributed by atoms with Gasteiger partial charge in [-0.15, -0.1) is 0 Å². The van der Waals surface area contributed by atoms with Crippen LogP contribution < -0.4 is 15.8 Å². The molecule has 3 N–H and O–H groups in total. The van der Waals surface area contributed by atoms with Gasteiger partial charge in [-0.1, -0.05) is 26.0 Å². The Hall–Kier alpha value is -2.08. The first kappa shape index (κ1) is 19.0. The molecule has 128 valence electrons. The predicted octanol–water partition coefficient (Wildman–Crippen LogP) is 1.27. The van der Waals surface area contributed by atoms with Crippen molar-refractivity contribution in [2.45, 2.75) is 33.2 Å². The summed E-state index contributed by atoms with van der Waals surface area (Å²) in [7, 11) is 0. The van der Waals surface area contributed by atoms with E-state index in [0.29, 0.717) is 25.3 Å². The highest BCUT2D eigenvalue weighted by Crippen LogP contribution is 2.12. The minimum absolute atomic E-state index is 0.101. The number of rotatable bonds is 9. The van der Waals surface area contributed by atoms with E-state index in [1.807, 2.05) is 26.0 Å². The van der Waals surface area contributed by atoms with E-state index in [0.717, 1.165) is 5.56 Å². The number of ether oxygens (including phenoxy) is 2. The lowest BCUT2D eigenvalue weighted by atomic mass is 10.0. The van der Waals surface area contributed by atoms with Crippen LogP contribution in [-0.4, -0.2) is 37.7 Å². The molecular weight excluding hydrogens is 296 g/mol. The second-order valence-electron chi connectivity index (χ2n) is 5.55. The number of amides is 1. The molecule has 0 aliphatic carbocycles. The third-order valence-electron chi connectivity index (χ3n) is 3.32. The van der Waals surface area contributed by atoms with E-state index >= 15 is 0 Å². The van der Waals surface area contributed by atoms with Gasteiger partial charge >= 0.3 is 5.97 Å². The molecule has 0 unspecified atom stereocenters. The molecule has 0 spiro atoms. The molecule has 0 saturated heterocycles. The van der Waals surface area contributed by atoms with Gasteiger partial charge in [0.25, 0.3) is 0 Å². The minimum Gasteiger partial charge on any atom is -0.482 e. The smallest absolute Gasteiger partial charge is 0.344 e. The number of esters is 1. The molecule has 6 heteroatoms. The summed E-state index contributed by atoms with van der Waals surface area (Å²) in [6.45, 7) is 6.35. The molecule has 0 aromatic heterocycles. The van der Waals surface area contributed by atoms with Gasteiger partial charge in [-0.3, -0.25) is 4.79 Å². The zero-order chi connectivity index (χ0) is 17.2. The number of hydrogen-bond donors (Lipinski definition) is 2. The third kappa shape index (κ3) is 7.15. The van der Waals surface area contributed by atoms with Crippen LogP contribution in [0.2, 0.25) is 0 Å². The molecule has 1 aromatic rings. The Morgan fingerprint density at radius 3 is 2.43 bits per heavy atom. The van der Waals surface area contributed by atoms with Gasteiger partial charge in [0, 0.05) is 6.54 Å². The maximum Gasteiger partial charge on any atom is 0.344 e. The number of hydrogen-bond acceptors (Lipinski definition) is 5. The zero-order valence-electron chi connectivity index (χ0n) is 14.0. The van der Waals surface area contributed by atoms with Crippen molar-refractivity contribution in [3.8, 4) is 5.75 Å². The van der Waals surface area contributed by atoms with Gasteiger partial charge in [-0.25, -0.2) is 4.79 Å². The van der Waals surface area contributed by atoms with Crippen molar-refractivity contribution in [2.75, 3.05) is 19.8 Å². The van der Waals surface area contributed by atoms with Gasteiger partial charge in [-0.05, 0) is 37.0 Å². The van der Waals surface area contributed by atoms with Gasteiger partial charge in [0.15, 0.2) is 6.61 Å². The number of benzene rings is 1. The highest BCUT2D eigenvalue weighted by atomic mass is 16.6. The van der Waals surface area contributed by atoms with E-state index in [9.17, 15) is 9.59 Å². The van der Waals surface area contributed by atoms with Crippen LogP contribution in [0.25, 0.3) is 0 Å². The fourth-order valence-electron chi connectivity index (χ4n) is 1.85. The second kappa shape index (κ2) is 9.84. The highest BCUT2D eigenvalue weighted by molar-refractivity contribution is 5.81. The summed E-state index contributed by atoms with van der Waals surface area (Å²) in [4.78, 5) is 22.9. The molecule has 1 aromatic carbocycles. The Bertz CT molecular complexity index is 500. The van der Waals surface area contributed by atoms with Gasteiger partial charge < -0.3 is 20.5 Å². The molecule has 0 aliphatic rings. The number of nitrogens with one attached hydrogen (secondary N) is 1. The van der Waals surface area contributed by atoms with Gasteiger partial charge in [0.05, 0.1) is 12.6 Å². The maximum absolute atomic E-state index is 11.7. The summed E-state index contributed by atoms with van der Waals surface area (Å²) in [5.41, 5.74) is 6.83. The lowest BCUT2D eigenvalue weighted by molar-refractivity contribution is -0.145. The van der Waals surface area contributed by atoms with Crippen molar-refractivity contribution < 1.29 is 19.1 Å². The van der Waals surface area contributed by atoms with Crippen molar-refractivity contribution >= 4 is 11.9 Å². The lowest BCUT2D eigenvalue weighted by Gasteiger charge is -2.15. The lowest BCUT2D eigenvalue weighted by Crippen LogP contribution is -2.44. The van der Waals surface area contributed by atoms with Crippen molar-refractivity contribution in [3.05, 3.63) is 29.8 Å². The maximum atomic E-state index is 11.7.